The van der Waals surface area contributed by atoms with Crippen molar-refractivity contribution in [2.45, 2.75) is 33.2 Å². The number of aromatic nitrogens is 3. The second kappa shape index (κ2) is 6.84. The third-order valence-electron chi connectivity index (χ3n) is 3.04. The van der Waals surface area contributed by atoms with Crippen LogP contribution in [0.25, 0.3) is 0 Å². The van der Waals surface area contributed by atoms with E-state index >= 15 is 0 Å². The van der Waals surface area contributed by atoms with Gasteiger partial charge in [-0.2, -0.15) is 4.98 Å². The van der Waals surface area contributed by atoms with Crippen molar-refractivity contribution in [1.29, 1.82) is 0 Å². The van der Waals surface area contributed by atoms with Gasteiger partial charge in [0.05, 0.1) is 6.04 Å². The van der Waals surface area contributed by atoms with E-state index in [9.17, 15) is 0 Å². The molecule has 0 aliphatic heterocycles. The minimum absolute atomic E-state index is 0.149. The molecule has 0 aliphatic carbocycles. The largest absolute Gasteiger partial charge is 0.363 e. The summed E-state index contributed by atoms with van der Waals surface area (Å²) in [6.45, 7) is 7.09. The maximum atomic E-state index is 4.52. The molecule has 2 heterocycles. The van der Waals surface area contributed by atoms with Gasteiger partial charge in [0.25, 0.3) is 0 Å². The Morgan fingerprint density at radius 2 is 2.15 bits per heavy atom. The van der Waals surface area contributed by atoms with Gasteiger partial charge < -0.3 is 10.6 Å². The SMILES string of the molecule is CCCNc1ncc(C)c(NC(C)c2cccnc2)n1. The lowest BCUT2D eigenvalue weighted by Crippen LogP contribution is -2.12. The standard InChI is InChI=1S/C15H21N5/c1-4-7-17-15-18-9-11(2)14(20-15)19-12(3)13-6-5-8-16-10-13/h5-6,8-10,12H,4,7H2,1-3H3,(H2,17,18,19,20). The Bertz CT molecular complexity index is 541. The molecule has 0 aromatic carbocycles. The molecule has 0 spiro atoms. The summed E-state index contributed by atoms with van der Waals surface area (Å²) in [6.07, 6.45) is 6.53. The molecule has 0 saturated heterocycles. The average Bonchev–Trinajstić information content (AvgIpc) is 2.49. The van der Waals surface area contributed by atoms with Crippen molar-refractivity contribution in [1.82, 2.24) is 15.0 Å². The number of aryl methyl sites for hydroxylation is 1. The maximum absolute atomic E-state index is 4.52. The molecule has 1 unspecified atom stereocenters. The maximum Gasteiger partial charge on any atom is 0.224 e. The Balaban J connectivity index is 2.11. The van der Waals surface area contributed by atoms with Gasteiger partial charge in [0, 0.05) is 30.7 Å². The highest BCUT2D eigenvalue weighted by Crippen LogP contribution is 2.20. The molecule has 0 bridgehead atoms. The first-order valence-corrected chi connectivity index (χ1v) is 6.94. The lowest BCUT2D eigenvalue weighted by Gasteiger charge is -2.16. The Morgan fingerprint density at radius 1 is 1.30 bits per heavy atom. The number of hydrogen-bond donors (Lipinski definition) is 2. The van der Waals surface area contributed by atoms with Crippen LogP contribution in [0.15, 0.2) is 30.7 Å². The lowest BCUT2D eigenvalue weighted by molar-refractivity contribution is 0.858. The number of nitrogens with zero attached hydrogens (tertiary/aromatic N) is 3. The average molecular weight is 271 g/mol. The first-order valence-electron chi connectivity index (χ1n) is 6.94. The summed E-state index contributed by atoms with van der Waals surface area (Å²) in [5.41, 5.74) is 2.16. The Labute approximate surface area is 119 Å². The van der Waals surface area contributed by atoms with Gasteiger partial charge in [0.2, 0.25) is 5.95 Å². The van der Waals surface area contributed by atoms with Crippen molar-refractivity contribution in [3.63, 3.8) is 0 Å². The first-order chi connectivity index (χ1) is 9.70. The van der Waals surface area contributed by atoms with Gasteiger partial charge in [-0.05, 0) is 31.9 Å². The molecular formula is C15H21N5. The summed E-state index contributed by atoms with van der Waals surface area (Å²) in [6, 6.07) is 4.14. The number of rotatable bonds is 6. The van der Waals surface area contributed by atoms with Crippen molar-refractivity contribution in [3.05, 3.63) is 41.9 Å². The van der Waals surface area contributed by atoms with Crippen LogP contribution in [0.3, 0.4) is 0 Å². The fourth-order valence-electron chi connectivity index (χ4n) is 1.83. The van der Waals surface area contributed by atoms with E-state index in [1.54, 1.807) is 6.20 Å². The molecule has 2 rings (SSSR count). The first kappa shape index (κ1) is 14.2. The Hall–Kier alpha value is -2.17. The molecule has 2 aromatic rings. The predicted octanol–water partition coefficient (Wildman–Crippen LogP) is 3.18. The van der Waals surface area contributed by atoms with E-state index in [0.717, 1.165) is 29.9 Å². The Kier molecular flexibility index (Phi) is 4.87. The fourth-order valence-corrected chi connectivity index (χ4v) is 1.83. The fraction of sp³-hybridized carbons (Fsp3) is 0.400. The molecule has 0 aliphatic rings. The predicted molar refractivity (Wildman–Crippen MR) is 81.8 cm³/mol. The van der Waals surface area contributed by atoms with Crippen molar-refractivity contribution in [3.8, 4) is 0 Å². The van der Waals surface area contributed by atoms with Crippen LogP contribution in [0.2, 0.25) is 0 Å². The van der Waals surface area contributed by atoms with Crippen molar-refractivity contribution in [2.75, 3.05) is 17.2 Å². The van der Waals surface area contributed by atoms with E-state index in [4.69, 9.17) is 0 Å². The monoisotopic (exact) mass is 271 g/mol. The molecule has 5 heteroatoms. The second-order valence-corrected chi connectivity index (χ2v) is 4.80. The molecule has 0 saturated carbocycles. The molecule has 5 nitrogen and oxygen atoms in total. The van der Waals surface area contributed by atoms with E-state index in [0.29, 0.717) is 5.95 Å². The number of hydrogen-bond acceptors (Lipinski definition) is 5. The van der Waals surface area contributed by atoms with E-state index in [-0.39, 0.29) is 6.04 Å². The van der Waals surface area contributed by atoms with E-state index < -0.39 is 0 Å². The highest BCUT2D eigenvalue weighted by molar-refractivity contribution is 5.47. The lowest BCUT2D eigenvalue weighted by atomic mass is 10.1. The molecule has 20 heavy (non-hydrogen) atoms. The second-order valence-electron chi connectivity index (χ2n) is 4.80. The topological polar surface area (TPSA) is 62.7 Å². The zero-order chi connectivity index (χ0) is 14.4. The van der Waals surface area contributed by atoms with Gasteiger partial charge in [0.1, 0.15) is 5.82 Å². The molecule has 2 aromatic heterocycles. The van der Waals surface area contributed by atoms with Crippen LogP contribution in [-0.4, -0.2) is 21.5 Å². The Morgan fingerprint density at radius 3 is 2.85 bits per heavy atom. The minimum atomic E-state index is 0.149. The van der Waals surface area contributed by atoms with Crippen LogP contribution in [0.1, 0.15) is 37.4 Å². The van der Waals surface area contributed by atoms with Crippen LogP contribution in [0.5, 0.6) is 0 Å². The molecule has 1 atom stereocenters. The third-order valence-corrected chi connectivity index (χ3v) is 3.04. The molecular weight excluding hydrogens is 250 g/mol. The van der Waals surface area contributed by atoms with E-state index in [1.807, 2.05) is 25.4 Å². The van der Waals surface area contributed by atoms with Crippen LogP contribution >= 0.6 is 0 Å². The smallest absolute Gasteiger partial charge is 0.224 e. The molecule has 0 fully saturated rings. The molecule has 0 radical (unpaired) electrons. The quantitative estimate of drug-likeness (QED) is 0.845. The van der Waals surface area contributed by atoms with Gasteiger partial charge in [-0.3, -0.25) is 4.98 Å². The van der Waals surface area contributed by atoms with E-state index in [2.05, 4.69) is 45.5 Å². The van der Waals surface area contributed by atoms with Crippen LogP contribution in [-0.2, 0) is 0 Å². The zero-order valence-corrected chi connectivity index (χ0v) is 12.2. The minimum Gasteiger partial charge on any atom is -0.363 e. The number of anilines is 2. The summed E-state index contributed by atoms with van der Waals surface area (Å²) < 4.78 is 0. The van der Waals surface area contributed by atoms with Crippen LogP contribution in [0, 0.1) is 6.92 Å². The van der Waals surface area contributed by atoms with Gasteiger partial charge in [-0.15, -0.1) is 0 Å². The summed E-state index contributed by atoms with van der Waals surface area (Å²) >= 11 is 0. The number of pyridine rings is 1. The van der Waals surface area contributed by atoms with Crippen molar-refractivity contribution >= 4 is 11.8 Å². The summed E-state index contributed by atoms with van der Waals surface area (Å²) in [5.74, 6) is 1.52. The zero-order valence-electron chi connectivity index (χ0n) is 12.2. The highest BCUT2D eigenvalue weighted by Gasteiger charge is 2.09. The molecule has 0 amide bonds. The van der Waals surface area contributed by atoms with Gasteiger partial charge in [-0.1, -0.05) is 13.0 Å². The van der Waals surface area contributed by atoms with Crippen molar-refractivity contribution < 1.29 is 0 Å². The van der Waals surface area contributed by atoms with Crippen molar-refractivity contribution in [2.24, 2.45) is 0 Å². The van der Waals surface area contributed by atoms with Gasteiger partial charge >= 0.3 is 0 Å². The van der Waals surface area contributed by atoms with Gasteiger partial charge in [-0.25, -0.2) is 4.98 Å². The van der Waals surface area contributed by atoms with E-state index in [1.165, 1.54) is 0 Å². The summed E-state index contributed by atoms with van der Waals surface area (Å²) in [7, 11) is 0. The van der Waals surface area contributed by atoms with Crippen LogP contribution in [0.4, 0.5) is 11.8 Å². The summed E-state index contributed by atoms with van der Waals surface area (Å²) in [4.78, 5) is 12.9. The highest BCUT2D eigenvalue weighted by atomic mass is 15.1. The normalized spacial score (nSPS) is 11.9. The molecule has 106 valence electrons. The van der Waals surface area contributed by atoms with Crippen LogP contribution < -0.4 is 10.6 Å². The van der Waals surface area contributed by atoms with Gasteiger partial charge in [0.15, 0.2) is 0 Å². The number of nitrogens with one attached hydrogen (secondary N) is 2. The summed E-state index contributed by atoms with van der Waals surface area (Å²) in [5, 5.41) is 6.61. The third kappa shape index (κ3) is 3.66. The molecule has 2 N–H and O–H groups in total.